The monoisotopic (exact) mass is 532 g/mol. The first kappa shape index (κ1) is 26.9. The summed E-state index contributed by atoms with van der Waals surface area (Å²) in [6.45, 7) is 3.82. The zero-order chi connectivity index (χ0) is 28.3. The molecule has 0 saturated heterocycles. The highest BCUT2D eigenvalue weighted by Gasteiger charge is 2.61. The predicted molar refractivity (Wildman–Crippen MR) is 144 cm³/mol. The van der Waals surface area contributed by atoms with E-state index in [2.05, 4.69) is 12.1 Å². The Labute approximate surface area is 225 Å². The second-order valence-electron chi connectivity index (χ2n) is 11.3. The number of rotatable bonds is 12. The minimum Gasteiger partial charge on any atom is -0.493 e. The van der Waals surface area contributed by atoms with Crippen molar-refractivity contribution in [3.8, 4) is 5.75 Å². The first-order valence-corrected chi connectivity index (χ1v) is 13.8. The number of anilines is 1. The Balaban J connectivity index is 1.45. The maximum absolute atomic E-state index is 13.7. The van der Waals surface area contributed by atoms with E-state index < -0.39 is 24.1 Å². The van der Waals surface area contributed by atoms with Crippen LogP contribution in [0.4, 0.5) is 18.9 Å². The Morgan fingerprint density at radius 2 is 1.63 bits per heavy atom. The highest BCUT2D eigenvalue weighted by atomic mass is 19.4. The highest BCUT2D eigenvalue weighted by Crippen LogP contribution is 2.63. The molecule has 0 aromatic heterocycles. The zero-order valence-electron chi connectivity index (χ0n) is 23.4. The van der Waals surface area contributed by atoms with Crippen LogP contribution in [0.1, 0.15) is 90.6 Å². The van der Waals surface area contributed by atoms with Crippen molar-refractivity contribution in [2.24, 2.45) is 5.41 Å². The quantitative estimate of drug-likeness (QED) is 0.280. The summed E-state index contributed by atoms with van der Waals surface area (Å²) < 4.78 is 56.3. The summed E-state index contributed by atoms with van der Waals surface area (Å²) in [6.07, 6.45) is 0.500. The number of unbranched alkanes of at least 4 members (excludes halogenated alkanes) is 2. The molecule has 1 unspecified atom stereocenters. The third-order valence-electron chi connectivity index (χ3n) is 8.67. The van der Waals surface area contributed by atoms with Crippen molar-refractivity contribution in [3.05, 3.63) is 59.7 Å². The standard InChI is InChI=1S/C31H40F3NO3/c1-23(2)35(22-24-8-5-6-9-27(24)38-21-7-3-4-10-28(36)37)26-13-11-25(12-14-26)29-15-18-30(19-16-29,20-17-29)31(32,33)34/h5-6,8-9,11-14,23H,3-4,7,10,15-22H2,1-2H3,(H,36,37)/i22D. The number of hydrogen-bond donors (Lipinski definition) is 1. The fourth-order valence-corrected chi connectivity index (χ4v) is 6.16. The minimum atomic E-state index is -4.12. The third-order valence-corrected chi connectivity index (χ3v) is 8.67. The van der Waals surface area contributed by atoms with Crippen molar-refractivity contribution in [2.45, 2.75) is 102 Å². The number of alkyl halides is 3. The molecule has 0 aliphatic heterocycles. The molecule has 0 spiro atoms. The summed E-state index contributed by atoms with van der Waals surface area (Å²) in [5.41, 5.74) is 1.08. The molecular weight excluding hydrogens is 491 g/mol. The number of ether oxygens (including phenoxy) is 1. The van der Waals surface area contributed by atoms with Gasteiger partial charge in [0.05, 0.1) is 13.4 Å². The fraction of sp³-hybridized carbons (Fsp3) is 0.581. The zero-order valence-corrected chi connectivity index (χ0v) is 22.4. The largest absolute Gasteiger partial charge is 0.493 e. The van der Waals surface area contributed by atoms with Gasteiger partial charge in [0.15, 0.2) is 0 Å². The van der Waals surface area contributed by atoms with E-state index in [0.717, 1.165) is 29.7 Å². The molecule has 38 heavy (non-hydrogen) atoms. The first-order chi connectivity index (χ1) is 18.5. The predicted octanol–water partition coefficient (Wildman–Crippen LogP) is 8.28. The lowest BCUT2D eigenvalue weighted by Gasteiger charge is -2.54. The van der Waals surface area contributed by atoms with Crippen molar-refractivity contribution >= 4 is 11.7 Å². The average molecular weight is 533 g/mol. The summed E-state index contributed by atoms with van der Waals surface area (Å²) in [5.74, 6) is -0.143. The maximum atomic E-state index is 13.7. The molecule has 2 aromatic rings. The second-order valence-corrected chi connectivity index (χ2v) is 11.3. The van der Waals surface area contributed by atoms with Gasteiger partial charge in [-0.1, -0.05) is 30.3 Å². The third kappa shape index (κ3) is 6.13. The van der Waals surface area contributed by atoms with Gasteiger partial charge in [0.2, 0.25) is 0 Å². The van der Waals surface area contributed by atoms with Gasteiger partial charge >= 0.3 is 12.1 Å². The van der Waals surface area contributed by atoms with Crippen LogP contribution in [0.2, 0.25) is 0 Å². The van der Waals surface area contributed by atoms with Crippen molar-refractivity contribution in [1.29, 1.82) is 0 Å². The number of halogens is 3. The lowest BCUT2D eigenvalue weighted by Crippen LogP contribution is -2.51. The Bertz CT molecular complexity index is 1090. The van der Waals surface area contributed by atoms with Crippen molar-refractivity contribution in [1.82, 2.24) is 0 Å². The Morgan fingerprint density at radius 1 is 1.00 bits per heavy atom. The highest BCUT2D eigenvalue weighted by molar-refractivity contribution is 5.66. The number of carbonyl (C=O) groups is 1. The minimum absolute atomic E-state index is 0.0253. The summed E-state index contributed by atoms with van der Waals surface area (Å²) in [4.78, 5) is 12.7. The Kier molecular flexibility index (Phi) is 8.20. The molecule has 0 radical (unpaired) electrons. The number of para-hydroxylation sites is 1. The SMILES string of the molecule is [2H]C(c1ccccc1OCCCCCC(=O)O)N(c1ccc(C23CCC(C(F)(F)F)(CC2)CC3)cc1)C(C)C. The molecule has 0 amide bonds. The molecule has 3 saturated carbocycles. The number of carboxylic acid groups (broad SMARTS) is 1. The average Bonchev–Trinajstić information content (AvgIpc) is 2.91. The summed E-state index contributed by atoms with van der Waals surface area (Å²) in [7, 11) is 0. The van der Waals surface area contributed by atoms with E-state index in [4.69, 9.17) is 11.2 Å². The molecule has 1 atom stereocenters. The molecule has 208 valence electrons. The number of aliphatic carboxylic acids is 1. The number of carboxylic acids is 1. The van der Waals surface area contributed by atoms with Gasteiger partial charge in [0.1, 0.15) is 5.75 Å². The van der Waals surface area contributed by atoms with Gasteiger partial charge in [0.25, 0.3) is 0 Å². The van der Waals surface area contributed by atoms with E-state index in [1.165, 1.54) is 0 Å². The van der Waals surface area contributed by atoms with Crippen LogP contribution in [0.15, 0.2) is 48.5 Å². The van der Waals surface area contributed by atoms with E-state index in [0.29, 0.717) is 38.0 Å². The summed E-state index contributed by atoms with van der Waals surface area (Å²) in [5, 5.41) is 8.79. The molecule has 3 fully saturated rings. The molecule has 7 heteroatoms. The smallest absolute Gasteiger partial charge is 0.394 e. The van der Waals surface area contributed by atoms with Gasteiger partial charge in [0, 0.05) is 30.2 Å². The van der Waals surface area contributed by atoms with Crippen LogP contribution in [-0.2, 0) is 16.7 Å². The van der Waals surface area contributed by atoms with Crippen molar-refractivity contribution < 1.29 is 29.2 Å². The number of fused-ring (bicyclic) bond motifs is 3. The van der Waals surface area contributed by atoms with E-state index in [-0.39, 0.29) is 37.1 Å². The van der Waals surface area contributed by atoms with Crippen molar-refractivity contribution in [3.63, 3.8) is 0 Å². The molecule has 0 heterocycles. The molecule has 5 rings (SSSR count). The van der Waals surface area contributed by atoms with Crippen LogP contribution in [0.3, 0.4) is 0 Å². The molecule has 3 aliphatic carbocycles. The maximum Gasteiger partial charge on any atom is 0.394 e. The van der Waals surface area contributed by atoms with E-state index in [9.17, 15) is 18.0 Å². The summed E-state index contributed by atoms with van der Waals surface area (Å²) >= 11 is 0. The van der Waals surface area contributed by atoms with Gasteiger partial charge in [-0.25, -0.2) is 0 Å². The number of hydrogen-bond acceptors (Lipinski definition) is 3. The van der Waals surface area contributed by atoms with Crippen molar-refractivity contribution in [2.75, 3.05) is 11.5 Å². The van der Waals surface area contributed by atoms with E-state index >= 15 is 0 Å². The molecule has 3 aliphatic rings. The first-order valence-electron chi connectivity index (χ1n) is 14.4. The van der Waals surface area contributed by atoms with Gasteiger partial charge in [-0.3, -0.25) is 4.79 Å². The van der Waals surface area contributed by atoms with E-state index in [1.807, 2.05) is 55.1 Å². The normalized spacial score (nSPS) is 24.2. The Morgan fingerprint density at radius 3 is 2.21 bits per heavy atom. The molecular formula is C31H40F3NO3. The molecule has 4 nitrogen and oxygen atoms in total. The van der Waals surface area contributed by atoms with Crippen LogP contribution in [0.25, 0.3) is 0 Å². The fourth-order valence-electron chi connectivity index (χ4n) is 6.16. The topological polar surface area (TPSA) is 49.8 Å². The lowest BCUT2D eigenvalue weighted by molar-refractivity contribution is -0.253. The second kappa shape index (κ2) is 11.6. The van der Waals surface area contributed by atoms with Crippen LogP contribution < -0.4 is 9.64 Å². The molecule has 2 aromatic carbocycles. The van der Waals surface area contributed by atoms with Crippen LogP contribution >= 0.6 is 0 Å². The Hall–Kier alpha value is -2.70. The molecule has 2 bridgehead atoms. The van der Waals surface area contributed by atoms with Crippen LogP contribution in [0.5, 0.6) is 5.75 Å². The lowest BCUT2D eigenvalue weighted by atomic mass is 9.51. The summed E-state index contributed by atoms with van der Waals surface area (Å²) in [6, 6.07) is 15.7. The van der Waals surface area contributed by atoms with E-state index in [1.54, 1.807) is 0 Å². The van der Waals surface area contributed by atoms with Crippen LogP contribution in [-0.4, -0.2) is 29.9 Å². The molecule has 1 N–H and O–H groups in total. The number of benzene rings is 2. The van der Waals surface area contributed by atoms with Gasteiger partial charge in [-0.2, -0.15) is 13.2 Å². The van der Waals surface area contributed by atoms with Gasteiger partial charge in [-0.15, -0.1) is 0 Å². The van der Waals surface area contributed by atoms with Crippen LogP contribution in [0, 0.1) is 5.41 Å². The van der Waals surface area contributed by atoms with Gasteiger partial charge < -0.3 is 14.7 Å². The van der Waals surface area contributed by atoms with Gasteiger partial charge in [-0.05, 0) is 101 Å². The number of nitrogens with zero attached hydrogens (tertiary/aromatic N) is 1.